The van der Waals surface area contributed by atoms with Crippen LogP contribution in [0, 0.1) is 0 Å². The van der Waals surface area contributed by atoms with E-state index in [2.05, 4.69) is 15.3 Å². The highest BCUT2D eigenvalue weighted by Gasteiger charge is 2.10. The molecule has 0 bridgehead atoms. The molecule has 7 heteroatoms. The summed E-state index contributed by atoms with van der Waals surface area (Å²) in [5.41, 5.74) is 0. The predicted octanol–water partition coefficient (Wildman–Crippen LogP) is 1.88. The van der Waals surface area contributed by atoms with Gasteiger partial charge in [-0.1, -0.05) is 23.2 Å². The second-order valence-corrected chi connectivity index (χ2v) is 3.79. The summed E-state index contributed by atoms with van der Waals surface area (Å²) < 4.78 is 0. The lowest BCUT2D eigenvalue weighted by atomic mass is 10.2. The lowest BCUT2D eigenvalue weighted by Gasteiger charge is -2.05. The normalized spacial score (nSPS) is 10.2. The first-order valence-corrected chi connectivity index (χ1v) is 5.47. The largest absolute Gasteiger partial charge is 0.396 e. The van der Waals surface area contributed by atoms with Gasteiger partial charge in [0.05, 0.1) is 0 Å². The van der Waals surface area contributed by atoms with E-state index in [0.29, 0.717) is 19.3 Å². The molecule has 0 aliphatic carbocycles. The summed E-state index contributed by atoms with van der Waals surface area (Å²) >= 11 is 11.4. The molecule has 0 radical (unpaired) electrons. The van der Waals surface area contributed by atoms with Crippen LogP contribution in [0.5, 0.6) is 0 Å². The van der Waals surface area contributed by atoms with Gasteiger partial charge in [-0.05, 0) is 12.8 Å². The number of aliphatic hydroxyl groups is 1. The SMILES string of the molecule is O=C(CCCCO)Nc1ncnc(Cl)c1Cl. The minimum absolute atomic E-state index is 0.0768. The van der Waals surface area contributed by atoms with Crippen molar-refractivity contribution in [2.75, 3.05) is 11.9 Å². The number of aliphatic hydroxyl groups excluding tert-OH is 1. The quantitative estimate of drug-likeness (QED) is 0.629. The van der Waals surface area contributed by atoms with Gasteiger partial charge in [-0.3, -0.25) is 4.79 Å². The third-order valence-electron chi connectivity index (χ3n) is 1.82. The predicted molar refractivity (Wildman–Crippen MR) is 61.6 cm³/mol. The second-order valence-electron chi connectivity index (χ2n) is 3.06. The Kier molecular flexibility index (Phi) is 5.45. The fourth-order valence-corrected chi connectivity index (χ4v) is 1.31. The number of halogens is 2. The van der Waals surface area contributed by atoms with E-state index in [1.807, 2.05) is 0 Å². The van der Waals surface area contributed by atoms with Crippen LogP contribution in [0.15, 0.2) is 6.33 Å². The van der Waals surface area contributed by atoms with Crippen molar-refractivity contribution in [3.05, 3.63) is 16.5 Å². The first-order chi connectivity index (χ1) is 7.65. The van der Waals surface area contributed by atoms with Crippen molar-refractivity contribution in [1.82, 2.24) is 9.97 Å². The molecule has 2 N–H and O–H groups in total. The average Bonchev–Trinajstić information content (AvgIpc) is 2.25. The number of nitrogens with one attached hydrogen (secondary N) is 1. The molecule has 1 amide bonds. The highest BCUT2D eigenvalue weighted by molar-refractivity contribution is 6.42. The Bertz CT molecular complexity index is 374. The van der Waals surface area contributed by atoms with Gasteiger partial charge in [0.1, 0.15) is 11.3 Å². The Labute approximate surface area is 103 Å². The summed E-state index contributed by atoms with van der Waals surface area (Å²) in [5, 5.41) is 11.3. The molecule has 16 heavy (non-hydrogen) atoms. The van der Waals surface area contributed by atoms with E-state index >= 15 is 0 Å². The van der Waals surface area contributed by atoms with Gasteiger partial charge in [-0.2, -0.15) is 0 Å². The number of amides is 1. The Morgan fingerprint density at radius 1 is 1.38 bits per heavy atom. The van der Waals surface area contributed by atoms with Crippen LogP contribution in [0.1, 0.15) is 19.3 Å². The molecule has 1 heterocycles. The van der Waals surface area contributed by atoms with Crippen LogP contribution in [0.25, 0.3) is 0 Å². The number of carbonyl (C=O) groups excluding carboxylic acids is 1. The van der Waals surface area contributed by atoms with Gasteiger partial charge in [-0.15, -0.1) is 0 Å². The van der Waals surface area contributed by atoms with Crippen LogP contribution in [0.4, 0.5) is 5.82 Å². The minimum Gasteiger partial charge on any atom is -0.396 e. The van der Waals surface area contributed by atoms with Gasteiger partial charge in [0.2, 0.25) is 5.91 Å². The van der Waals surface area contributed by atoms with Crippen LogP contribution < -0.4 is 5.32 Å². The standard InChI is InChI=1S/C9H11Cl2N3O2/c10-7-8(11)12-5-13-9(7)14-6(16)3-1-2-4-15/h5,15H,1-4H2,(H,12,13,14,16). The number of anilines is 1. The van der Waals surface area contributed by atoms with Crippen LogP contribution >= 0.6 is 23.2 Å². The maximum atomic E-state index is 11.4. The third kappa shape index (κ3) is 3.92. The number of unbranched alkanes of at least 4 members (excludes halogenated alkanes) is 1. The molecule has 1 aromatic heterocycles. The maximum Gasteiger partial charge on any atom is 0.225 e. The average molecular weight is 264 g/mol. The highest BCUT2D eigenvalue weighted by atomic mass is 35.5. The van der Waals surface area contributed by atoms with Crippen LogP contribution in [-0.2, 0) is 4.79 Å². The number of hydrogen-bond donors (Lipinski definition) is 2. The first kappa shape index (κ1) is 13.2. The number of hydrogen-bond acceptors (Lipinski definition) is 4. The molecule has 0 atom stereocenters. The smallest absolute Gasteiger partial charge is 0.225 e. The highest BCUT2D eigenvalue weighted by Crippen LogP contribution is 2.25. The fraction of sp³-hybridized carbons (Fsp3) is 0.444. The molecule has 0 aliphatic rings. The van der Waals surface area contributed by atoms with E-state index in [4.69, 9.17) is 28.3 Å². The van der Waals surface area contributed by atoms with Gasteiger partial charge < -0.3 is 10.4 Å². The summed E-state index contributed by atoms with van der Waals surface area (Å²) in [6.45, 7) is 0.0768. The Morgan fingerprint density at radius 3 is 2.81 bits per heavy atom. The summed E-state index contributed by atoms with van der Waals surface area (Å²) in [6, 6.07) is 0. The molecule has 0 aliphatic heterocycles. The number of carbonyl (C=O) groups is 1. The van der Waals surface area contributed by atoms with Crippen LogP contribution in [0.3, 0.4) is 0 Å². The van der Waals surface area contributed by atoms with E-state index in [0.717, 1.165) is 0 Å². The van der Waals surface area contributed by atoms with E-state index < -0.39 is 0 Å². The summed E-state index contributed by atoms with van der Waals surface area (Å²) in [6.07, 6.45) is 2.72. The van der Waals surface area contributed by atoms with Crippen molar-refractivity contribution in [1.29, 1.82) is 0 Å². The van der Waals surface area contributed by atoms with Crippen molar-refractivity contribution >= 4 is 34.9 Å². The summed E-state index contributed by atoms with van der Waals surface area (Å²) in [5.74, 6) is -0.0132. The monoisotopic (exact) mass is 263 g/mol. The van der Waals surface area contributed by atoms with E-state index in [1.54, 1.807) is 0 Å². The zero-order valence-electron chi connectivity index (χ0n) is 8.41. The van der Waals surface area contributed by atoms with Crippen LogP contribution in [-0.4, -0.2) is 27.6 Å². The zero-order chi connectivity index (χ0) is 12.0. The molecule has 0 spiro atoms. The van der Waals surface area contributed by atoms with Gasteiger partial charge >= 0.3 is 0 Å². The topological polar surface area (TPSA) is 75.1 Å². The third-order valence-corrected chi connectivity index (χ3v) is 2.56. The van der Waals surface area contributed by atoms with Gasteiger partial charge in [0.15, 0.2) is 11.0 Å². The molecule has 0 fully saturated rings. The molecule has 5 nitrogen and oxygen atoms in total. The van der Waals surface area contributed by atoms with E-state index in [9.17, 15) is 4.79 Å². The van der Waals surface area contributed by atoms with Crippen molar-refractivity contribution in [3.8, 4) is 0 Å². The molecule has 1 rings (SSSR count). The van der Waals surface area contributed by atoms with Crippen LogP contribution in [0.2, 0.25) is 10.2 Å². The molecule has 88 valence electrons. The lowest BCUT2D eigenvalue weighted by Crippen LogP contribution is -2.13. The lowest BCUT2D eigenvalue weighted by molar-refractivity contribution is -0.116. The van der Waals surface area contributed by atoms with Crippen molar-refractivity contribution in [3.63, 3.8) is 0 Å². The molecule has 0 aromatic carbocycles. The summed E-state index contributed by atoms with van der Waals surface area (Å²) in [7, 11) is 0. The maximum absolute atomic E-state index is 11.4. The van der Waals surface area contributed by atoms with Gasteiger partial charge in [0.25, 0.3) is 0 Å². The number of nitrogens with zero attached hydrogens (tertiary/aromatic N) is 2. The number of aromatic nitrogens is 2. The van der Waals surface area contributed by atoms with Crippen molar-refractivity contribution < 1.29 is 9.90 Å². The molecule has 0 saturated carbocycles. The Hall–Kier alpha value is -0.910. The van der Waals surface area contributed by atoms with Gasteiger partial charge in [0, 0.05) is 13.0 Å². The molecular formula is C9H11Cl2N3O2. The molecule has 0 unspecified atom stereocenters. The Morgan fingerprint density at radius 2 is 2.12 bits per heavy atom. The second kappa shape index (κ2) is 6.62. The van der Waals surface area contributed by atoms with Crippen molar-refractivity contribution in [2.45, 2.75) is 19.3 Å². The molecule has 1 aromatic rings. The van der Waals surface area contributed by atoms with Gasteiger partial charge in [-0.25, -0.2) is 9.97 Å². The summed E-state index contributed by atoms with van der Waals surface area (Å²) in [4.78, 5) is 18.9. The van der Waals surface area contributed by atoms with E-state index in [1.165, 1.54) is 6.33 Å². The molecular weight excluding hydrogens is 253 g/mol. The van der Waals surface area contributed by atoms with E-state index in [-0.39, 0.29) is 28.5 Å². The zero-order valence-corrected chi connectivity index (χ0v) is 9.92. The van der Waals surface area contributed by atoms with Crippen molar-refractivity contribution in [2.24, 2.45) is 0 Å². The Balaban J connectivity index is 2.53. The minimum atomic E-state index is -0.217. The number of rotatable bonds is 5. The fourth-order valence-electron chi connectivity index (χ4n) is 1.03. The first-order valence-electron chi connectivity index (χ1n) is 4.72. The molecule has 0 saturated heterocycles.